The smallest absolute Gasteiger partial charge is 0.289 e. The summed E-state index contributed by atoms with van der Waals surface area (Å²) in [5, 5.41) is 14.0. The van der Waals surface area contributed by atoms with Crippen molar-refractivity contribution in [1.29, 1.82) is 0 Å². The molecule has 3 rings (SSSR count). The molecule has 0 unspecified atom stereocenters. The van der Waals surface area contributed by atoms with Crippen LogP contribution in [0.2, 0.25) is 0 Å². The number of aliphatic hydroxyl groups is 1. The van der Waals surface area contributed by atoms with E-state index in [-0.39, 0.29) is 5.91 Å². The fourth-order valence-electron chi connectivity index (χ4n) is 3.56. The van der Waals surface area contributed by atoms with Gasteiger partial charge in [-0.2, -0.15) is 0 Å². The number of furan rings is 1. The van der Waals surface area contributed by atoms with Crippen LogP contribution in [-0.2, 0) is 0 Å². The highest BCUT2D eigenvalue weighted by Crippen LogP contribution is 2.27. The molecule has 1 saturated carbocycles. The Morgan fingerprint density at radius 2 is 2.05 bits per heavy atom. The van der Waals surface area contributed by atoms with Gasteiger partial charge in [-0.05, 0) is 37.8 Å². The van der Waals surface area contributed by atoms with Crippen molar-refractivity contribution >= 4 is 5.91 Å². The first-order valence-electron chi connectivity index (χ1n) is 8.45. The molecule has 2 heterocycles. The number of likely N-dealkylation sites (tertiary alicyclic amines) is 1. The number of hydrogen-bond acceptors (Lipinski definition) is 4. The van der Waals surface area contributed by atoms with Crippen LogP contribution in [0.3, 0.4) is 0 Å². The summed E-state index contributed by atoms with van der Waals surface area (Å²) >= 11 is 0. The molecule has 122 valence electrons. The third-order valence-corrected chi connectivity index (χ3v) is 5.02. The summed E-state index contributed by atoms with van der Waals surface area (Å²) in [4.78, 5) is 14.0. The molecule has 0 aromatic carbocycles. The second kappa shape index (κ2) is 6.84. The molecule has 0 atom stereocenters. The van der Waals surface area contributed by atoms with Crippen LogP contribution in [0, 0.1) is 0 Å². The molecule has 0 spiro atoms. The van der Waals surface area contributed by atoms with Gasteiger partial charge in [0.05, 0.1) is 11.9 Å². The minimum Gasteiger partial charge on any atom is -0.459 e. The molecule has 22 heavy (non-hydrogen) atoms. The van der Waals surface area contributed by atoms with E-state index in [2.05, 4.69) is 5.32 Å². The van der Waals surface area contributed by atoms with E-state index in [1.54, 1.807) is 12.1 Å². The lowest BCUT2D eigenvalue weighted by molar-refractivity contribution is 0.000723. The van der Waals surface area contributed by atoms with Crippen LogP contribution in [0.1, 0.15) is 55.5 Å². The first-order chi connectivity index (χ1) is 10.7. The van der Waals surface area contributed by atoms with Crippen LogP contribution >= 0.6 is 0 Å². The molecular weight excluding hydrogens is 280 g/mol. The van der Waals surface area contributed by atoms with Crippen LogP contribution < -0.4 is 5.32 Å². The number of nitrogens with one attached hydrogen (secondary N) is 1. The highest BCUT2D eigenvalue weighted by molar-refractivity contribution is 5.91. The van der Waals surface area contributed by atoms with Crippen molar-refractivity contribution in [3.63, 3.8) is 0 Å². The van der Waals surface area contributed by atoms with E-state index >= 15 is 0 Å². The summed E-state index contributed by atoms with van der Waals surface area (Å²) in [6.45, 7) is 2.18. The molecule has 2 N–H and O–H groups in total. The summed E-state index contributed by atoms with van der Waals surface area (Å²) in [6, 6.07) is 3.85. The van der Waals surface area contributed by atoms with E-state index in [0.29, 0.717) is 18.3 Å². The molecular formula is C17H26N2O3. The number of hydrogen-bond donors (Lipinski definition) is 2. The van der Waals surface area contributed by atoms with Gasteiger partial charge in [-0.3, -0.25) is 4.79 Å². The molecule has 2 fully saturated rings. The lowest BCUT2D eigenvalue weighted by Crippen LogP contribution is -2.50. The summed E-state index contributed by atoms with van der Waals surface area (Å²) < 4.78 is 5.18. The van der Waals surface area contributed by atoms with Crippen LogP contribution in [0.15, 0.2) is 22.8 Å². The van der Waals surface area contributed by atoms with E-state index in [4.69, 9.17) is 4.42 Å². The number of carbonyl (C=O) groups excluding carboxylic acids is 1. The standard InChI is InChI=1S/C17H26N2O3/c20-16(15-5-4-12-22-15)19-10-6-14(7-11-19)18-13-17(21)8-2-1-3-9-17/h4-5,12,14,18,21H,1-3,6-11,13H2. The van der Waals surface area contributed by atoms with Gasteiger partial charge >= 0.3 is 0 Å². The van der Waals surface area contributed by atoms with Gasteiger partial charge < -0.3 is 19.7 Å². The molecule has 1 aromatic heterocycles. The maximum absolute atomic E-state index is 12.2. The van der Waals surface area contributed by atoms with Crippen molar-refractivity contribution in [3.8, 4) is 0 Å². The molecule has 1 aliphatic carbocycles. The molecule has 2 aliphatic rings. The zero-order chi connectivity index (χ0) is 15.4. The van der Waals surface area contributed by atoms with Gasteiger partial charge in [0.2, 0.25) is 0 Å². The van der Waals surface area contributed by atoms with Crippen molar-refractivity contribution in [2.24, 2.45) is 0 Å². The van der Waals surface area contributed by atoms with Gasteiger partial charge in [-0.1, -0.05) is 19.3 Å². The largest absolute Gasteiger partial charge is 0.459 e. The lowest BCUT2D eigenvalue weighted by Gasteiger charge is -2.36. The van der Waals surface area contributed by atoms with Gasteiger partial charge in [0.1, 0.15) is 0 Å². The molecule has 0 bridgehead atoms. The Hall–Kier alpha value is -1.33. The van der Waals surface area contributed by atoms with Crippen LogP contribution in [0.5, 0.6) is 0 Å². The highest BCUT2D eigenvalue weighted by Gasteiger charge is 2.31. The van der Waals surface area contributed by atoms with Crippen molar-refractivity contribution in [2.45, 2.75) is 56.6 Å². The lowest BCUT2D eigenvalue weighted by atomic mass is 9.84. The molecule has 5 nitrogen and oxygen atoms in total. The SMILES string of the molecule is O=C(c1ccco1)N1CCC(NCC2(O)CCCCC2)CC1. The molecule has 1 saturated heterocycles. The Kier molecular flexibility index (Phi) is 4.84. The Balaban J connectivity index is 1.43. The number of carbonyl (C=O) groups is 1. The average molecular weight is 306 g/mol. The zero-order valence-electron chi connectivity index (χ0n) is 13.1. The Morgan fingerprint density at radius 3 is 2.68 bits per heavy atom. The second-order valence-electron chi connectivity index (χ2n) is 6.71. The maximum Gasteiger partial charge on any atom is 0.289 e. The zero-order valence-corrected chi connectivity index (χ0v) is 13.1. The van der Waals surface area contributed by atoms with E-state index in [9.17, 15) is 9.90 Å². The molecule has 0 radical (unpaired) electrons. The molecule has 5 heteroatoms. The van der Waals surface area contributed by atoms with Crippen LogP contribution in [0.4, 0.5) is 0 Å². The molecule has 1 aromatic rings. The van der Waals surface area contributed by atoms with Crippen molar-refractivity contribution in [3.05, 3.63) is 24.2 Å². The van der Waals surface area contributed by atoms with E-state index < -0.39 is 5.60 Å². The average Bonchev–Trinajstić information content (AvgIpc) is 3.08. The van der Waals surface area contributed by atoms with E-state index in [0.717, 1.165) is 51.6 Å². The fourth-order valence-corrected chi connectivity index (χ4v) is 3.56. The molecule has 1 amide bonds. The summed E-state index contributed by atoms with van der Waals surface area (Å²) in [5.41, 5.74) is -0.515. The fraction of sp³-hybridized carbons (Fsp3) is 0.706. The van der Waals surface area contributed by atoms with Crippen LogP contribution in [0.25, 0.3) is 0 Å². The number of piperidine rings is 1. The minimum absolute atomic E-state index is 0.0191. The van der Waals surface area contributed by atoms with Gasteiger partial charge in [0, 0.05) is 25.7 Å². The van der Waals surface area contributed by atoms with E-state index in [1.165, 1.54) is 12.7 Å². The Bertz CT molecular complexity index is 472. The normalized spacial score (nSPS) is 22.7. The number of rotatable bonds is 4. The van der Waals surface area contributed by atoms with Crippen molar-refractivity contribution < 1.29 is 14.3 Å². The quantitative estimate of drug-likeness (QED) is 0.895. The first kappa shape index (κ1) is 15.6. The third kappa shape index (κ3) is 3.70. The first-order valence-corrected chi connectivity index (χ1v) is 8.45. The van der Waals surface area contributed by atoms with Crippen LogP contribution in [-0.4, -0.2) is 47.2 Å². The third-order valence-electron chi connectivity index (χ3n) is 5.02. The van der Waals surface area contributed by atoms with Gasteiger partial charge in [0.15, 0.2) is 5.76 Å². The maximum atomic E-state index is 12.2. The van der Waals surface area contributed by atoms with Crippen molar-refractivity contribution in [2.75, 3.05) is 19.6 Å². The second-order valence-corrected chi connectivity index (χ2v) is 6.71. The van der Waals surface area contributed by atoms with Crippen molar-refractivity contribution in [1.82, 2.24) is 10.2 Å². The Morgan fingerprint density at radius 1 is 1.32 bits per heavy atom. The summed E-state index contributed by atoms with van der Waals surface area (Å²) in [5.74, 6) is 0.400. The van der Waals surface area contributed by atoms with Gasteiger partial charge in [-0.15, -0.1) is 0 Å². The van der Waals surface area contributed by atoms with Gasteiger partial charge in [-0.25, -0.2) is 0 Å². The number of nitrogens with zero attached hydrogens (tertiary/aromatic N) is 1. The highest BCUT2D eigenvalue weighted by atomic mass is 16.3. The topological polar surface area (TPSA) is 65.7 Å². The Labute approximate surface area is 131 Å². The van der Waals surface area contributed by atoms with Gasteiger partial charge in [0.25, 0.3) is 5.91 Å². The van der Waals surface area contributed by atoms with E-state index in [1.807, 2.05) is 4.90 Å². The summed E-state index contributed by atoms with van der Waals surface area (Å²) in [7, 11) is 0. The number of amides is 1. The minimum atomic E-state index is -0.515. The monoisotopic (exact) mass is 306 g/mol. The predicted octanol–water partition coefficient (Wildman–Crippen LogP) is 2.17. The summed E-state index contributed by atoms with van der Waals surface area (Å²) in [6.07, 6.45) is 8.74. The predicted molar refractivity (Wildman–Crippen MR) is 83.7 cm³/mol. The molecule has 1 aliphatic heterocycles.